The van der Waals surface area contributed by atoms with E-state index in [2.05, 4.69) is 15.4 Å². The van der Waals surface area contributed by atoms with Gasteiger partial charge in [-0.25, -0.2) is 14.1 Å². The van der Waals surface area contributed by atoms with Gasteiger partial charge in [0, 0.05) is 17.3 Å². The molecule has 1 N–H and O–H groups in total. The number of hydrogen-bond donors (Lipinski definition) is 1. The Balaban J connectivity index is 1.75. The van der Waals surface area contributed by atoms with Crippen molar-refractivity contribution >= 4 is 34.8 Å². The predicted molar refractivity (Wildman–Crippen MR) is 118 cm³/mol. The fourth-order valence-corrected chi connectivity index (χ4v) is 3.17. The zero-order chi connectivity index (χ0) is 22.0. The molecule has 0 unspecified atom stereocenters. The fourth-order valence-electron chi connectivity index (χ4n) is 2.88. The van der Waals surface area contributed by atoms with Crippen molar-refractivity contribution in [1.29, 1.82) is 0 Å². The SMILES string of the molecule is COc1cccc(NC(=O)c2nc(-c3ccc(F)cc3)n(-c3ccc(Cl)c(Cl)c3)n2)c1. The number of aromatic nitrogens is 3. The number of nitrogens with zero attached hydrogens (tertiary/aromatic N) is 3. The fraction of sp³-hybridized carbons (Fsp3) is 0.0455. The largest absolute Gasteiger partial charge is 0.497 e. The van der Waals surface area contributed by atoms with E-state index in [-0.39, 0.29) is 11.6 Å². The highest BCUT2D eigenvalue weighted by Gasteiger charge is 2.20. The van der Waals surface area contributed by atoms with Crippen molar-refractivity contribution in [3.05, 3.63) is 88.4 Å². The normalized spacial score (nSPS) is 10.7. The molecule has 3 aromatic carbocycles. The number of carbonyl (C=O) groups is 1. The molecule has 31 heavy (non-hydrogen) atoms. The molecule has 4 aromatic rings. The van der Waals surface area contributed by atoms with Gasteiger partial charge >= 0.3 is 0 Å². The van der Waals surface area contributed by atoms with Gasteiger partial charge in [-0.2, -0.15) is 0 Å². The molecule has 0 aliphatic heterocycles. The Labute approximate surface area is 187 Å². The van der Waals surface area contributed by atoms with Crippen molar-refractivity contribution in [1.82, 2.24) is 14.8 Å². The number of methoxy groups -OCH3 is 1. The summed E-state index contributed by atoms with van der Waals surface area (Å²) in [6.07, 6.45) is 0. The Morgan fingerprint density at radius 3 is 2.52 bits per heavy atom. The second kappa shape index (κ2) is 8.75. The molecule has 0 fully saturated rings. The van der Waals surface area contributed by atoms with Crippen LogP contribution in [0.1, 0.15) is 10.6 Å². The van der Waals surface area contributed by atoms with Crippen LogP contribution in [0.25, 0.3) is 17.1 Å². The van der Waals surface area contributed by atoms with E-state index in [1.54, 1.807) is 54.6 Å². The van der Waals surface area contributed by atoms with E-state index in [1.807, 2.05) is 0 Å². The number of rotatable bonds is 5. The van der Waals surface area contributed by atoms with Crippen molar-refractivity contribution in [3.63, 3.8) is 0 Å². The van der Waals surface area contributed by atoms with E-state index in [1.165, 1.54) is 23.9 Å². The minimum Gasteiger partial charge on any atom is -0.497 e. The third-order valence-electron chi connectivity index (χ3n) is 4.39. The third kappa shape index (κ3) is 4.52. The summed E-state index contributed by atoms with van der Waals surface area (Å²) in [6, 6.07) is 17.5. The van der Waals surface area contributed by atoms with Gasteiger partial charge < -0.3 is 10.1 Å². The lowest BCUT2D eigenvalue weighted by Gasteiger charge is -2.07. The zero-order valence-corrected chi connectivity index (χ0v) is 17.7. The first-order valence-corrected chi connectivity index (χ1v) is 9.84. The maximum atomic E-state index is 13.4. The number of amides is 1. The maximum Gasteiger partial charge on any atom is 0.295 e. The number of hydrogen-bond acceptors (Lipinski definition) is 4. The minimum absolute atomic E-state index is 0.0757. The molecule has 1 amide bonds. The van der Waals surface area contributed by atoms with Crippen molar-refractivity contribution < 1.29 is 13.9 Å². The highest BCUT2D eigenvalue weighted by Crippen LogP contribution is 2.27. The standard InChI is InChI=1S/C22H15Cl2FN4O2/c1-31-17-4-2-3-15(11-17)26-22(30)20-27-21(13-5-7-14(25)8-6-13)29(28-20)16-9-10-18(23)19(24)12-16/h2-12H,1H3,(H,26,30). The quantitative estimate of drug-likeness (QED) is 0.421. The molecule has 9 heteroatoms. The molecule has 0 saturated heterocycles. The molecule has 0 saturated carbocycles. The molecule has 156 valence electrons. The summed E-state index contributed by atoms with van der Waals surface area (Å²) in [7, 11) is 1.54. The molecular weight excluding hydrogens is 442 g/mol. The zero-order valence-electron chi connectivity index (χ0n) is 16.1. The number of anilines is 1. The summed E-state index contributed by atoms with van der Waals surface area (Å²) < 4.78 is 20.0. The predicted octanol–water partition coefficient (Wildman–Crippen LogP) is 5.64. The molecular formula is C22H15Cl2FN4O2. The number of nitrogens with one attached hydrogen (secondary N) is 1. The molecule has 4 rings (SSSR count). The summed E-state index contributed by atoms with van der Waals surface area (Å²) >= 11 is 12.2. The summed E-state index contributed by atoms with van der Waals surface area (Å²) in [5, 5.41) is 7.80. The lowest BCUT2D eigenvalue weighted by molar-refractivity contribution is 0.101. The Hall–Kier alpha value is -3.42. The molecule has 1 heterocycles. The topological polar surface area (TPSA) is 69.0 Å². The van der Waals surface area contributed by atoms with Gasteiger partial charge in [-0.1, -0.05) is 29.3 Å². The van der Waals surface area contributed by atoms with Crippen LogP contribution in [0.5, 0.6) is 5.75 Å². The molecule has 0 bridgehead atoms. The van der Waals surface area contributed by atoms with E-state index in [0.29, 0.717) is 38.6 Å². The second-order valence-corrected chi connectivity index (χ2v) is 7.28. The molecule has 0 aliphatic carbocycles. The Morgan fingerprint density at radius 1 is 1.03 bits per heavy atom. The van der Waals surface area contributed by atoms with Crippen molar-refractivity contribution in [2.45, 2.75) is 0 Å². The van der Waals surface area contributed by atoms with Crippen LogP contribution in [-0.4, -0.2) is 27.8 Å². The van der Waals surface area contributed by atoms with Crippen LogP contribution in [0.4, 0.5) is 10.1 Å². The summed E-state index contributed by atoms with van der Waals surface area (Å²) in [5.74, 6) is -0.0442. The van der Waals surface area contributed by atoms with Crippen LogP contribution in [0.3, 0.4) is 0 Å². The monoisotopic (exact) mass is 456 g/mol. The van der Waals surface area contributed by atoms with Crippen molar-refractivity contribution in [3.8, 4) is 22.8 Å². The van der Waals surface area contributed by atoms with E-state index in [0.717, 1.165) is 0 Å². The first kappa shape index (κ1) is 20.8. The third-order valence-corrected chi connectivity index (χ3v) is 5.13. The van der Waals surface area contributed by atoms with E-state index >= 15 is 0 Å². The number of ether oxygens (including phenoxy) is 1. The average Bonchev–Trinajstić information content (AvgIpc) is 3.22. The van der Waals surface area contributed by atoms with Gasteiger partial charge in [-0.3, -0.25) is 4.79 Å². The Bertz CT molecular complexity index is 1260. The van der Waals surface area contributed by atoms with E-state index in [9.17, 15) is 9.18 Å². The van der Waals surface area contributed by atoms with Gasteiger partial charge in [0.1, 0.15) is 11.6 Å². The number of carbonyl (C=O) groups excluding carboxylic acids is 1. The van der Waals surface area contributed by atoms with Crippen LogP contribution in [0.15, 0.2) is 66.7 Å². The highest BCUT2D eigenvalue weighted by molar-refractivity contribution is 6.42. The maximum absolute atomic E-state index is 13.4. The van der Waals surface area contributed by atoms with Gasteiger partial charge in [0.05, 0.1) is 22.8 Å². The van der Waals surface area contributed by atoms with E-state index < -0.39 is 5.91 Å². The molecule has 1 aromatic heterocycles. The highest BCUT2D eigenvalue weighted by atomic mass is 35.5. The molecule has 6 nitrogen and oxygen atoms in total. The summed E-state index contributed by atoms with van der Waals surface area (Å²) in [6.45, 7) is 0. The average molecular weight is 457 g/mol. The number of halogens is 3. The minimum atomic E-state index is -0.518. The lowest BCUT2D eigenvalue weighted by Crippen LogP contribution is -2.14. The number of benzene rings is 3. The smallest absolute Gasteiger partial charge is 0.295 e. The molecule has 0 atom stereocenters. The summed E-state index contributed by atoms with van der Waals surface area (Å²) in [5.41, 5.74) is 1.64. The molecule has 0 spiro atoms. The van der Waals surface area contributed by atoms with Crippen LogP contribution >= 0.6 is 23.2 Å². The first-order valence-electron chi connectivity index (χ1n) is 9.08. The van der Waals surface area contributed by atoms with Crippen LogP contribution in [0, 0.1) is 5.82 Å². The van der Waals surface area contributed by atoms with Crippen LogP contribution in [0.2, 0.25) is 10.0 Å². The van der Waals surface area contributed by atoms with Crippen molar-refractivity contribution in [2.75, 3.05) is 12.4 Å². The van der Waals surface area contributed by atoms with Crippen LogP contribution in [-0.2, 0) is 0 Å². The molecule has 0 aliphatic rings. The second-order valence-electron chi connectivity index (χ2n) is 6.46. The van der Waals surface area contributed by atoms with Gasteiger partial charge in [0.2, 0.25) is 5.82 Å². The van der Waals surface area contributed by atoms with Gasteiger partial charge in [0.15, 0.2) is 5.82 Å². The van der Waals surface area contributed by atoms with E-state index in [4.69, 9.17) is 27.9 Å². The lowest BCUT2D eigenvalue weighted by atomic mass is 10.2. The molecule has 0 radical (unpaired) electrons. The van der Waals surface area contributed by atoms with Crippen molar-refractivity contribution in [2.24, 2.45) is 0 Å². The van der Waals surface area contributed by atoms with Gasteiger partial charge in [0.25, 0.3) is 5.91 Å². The first-order chi connectivity index (χ1) is 14.9. The Morgan fingerprint density at radius 2 is 1.81 bits per heavy atom. The van der Waals surface area contributed by atoms with Gasteiger partial charge in [-0.15, -0.1) is 5.10 Å². The Kier molecular flexibility index (Phi) is 5.88. The summed E-state index contributed by atoms with van der Waals surface area (Å²) in [4.78, 5) is 17.2. The van der Waals surface area contributed by atoms with Crippen LogP contribution < -0.4 is 10.1 Å². The van der Waals surface area contributed by atoms with Gasteiger partial charge in [-0.05, 0) is 54.6 Å².